The van der Waals surface area contributed by atoms with Gasteiger partial charge in [0.1, 0.15) is 11.4 Å². The summed E-state index contributed by atoms with van der Waals surface area (Å²) in [6, 6.07) is 16.0. The molecule has 3 rings (SSSR count). The second-order valence-corrected chi connectivity index (χ2v) is 7.22. The maximum Gasteiger partial charge on any atom is 0.326 e. The third-order valence-corrected chi connectivity index (χ3v) is 5.54. The molecule has 0 saturated carbocycles. The summed E-state index contributed by atoms with van der Waals surface area (Å²) in [6.45, 7) is 1.15. The molecule has 0 radical (unpaired) electrons. The number of Topliss-reactive ketones (excluding diaryl/α,β-unsaturated/α-hetero) is 1. The highest BCUT2D eigenvalue weighted by Gasteiger charge is 2.21. The molecule has 1 aromatic heterocycles. The number of ether oxygens (including phenoxy) is 1. The van der Waals surface area contributed by atoms with E-state index in [-0.39, 0.29) is 12.3 Å². The zero-order valence-corrected chi connectivity index (χ0v) is 16.0. The van der Waals surface area contributed by atoms with Gasteiger partial charge in [-0.2, -0.15) is 0 Å². The van der Waals surface area contributed by atoms with Gasteiger partial charge in [-0.3, -0.25) is 14.4 Å². The van der Waals surface area contributed by atoms with Crippen molar-refractivity contribution in [1.82, 2.24) is 5.32 Å². The lowest BCUT2D eigenvalue weighted by Gasteiger charge is -2.12. The summed E-state index contributed by atoms with van der Waals surface area (Å²) >= 11 is 7.50. The van der Waals surface area contributed by atoms with Crippen LogP contribution in [-0.2, 0) is 9.53 Å². The Kier molecular flexibility index (Phi) is 5.88. The third kappa shape index (κ3) is 4.35. The van der Waals surface area contributed by atoms with E-state index < -0.39 is 18.0 Å². The van der Waals surface area contributed by atoms with Crippen molar-refractivity contribution in [2.75, 3.05) is 6.54 Å². The molecule has 1 heterocycles. The summed E-state index contributed by atoms with van der Waals surface area (Å²) in [5, 5.41) is 3.63. The molecule has 27 heavy (non-hydrogen) atoms. The Morgan fingerprint density at radius 3 is 2.44 bits per heavy atom. The second-order valence-electron chi connectivity index (χ2n) is 5.79. The van der Waals surface area contributed by atoms with Crippen LogP contribution in [0.4, 0.5) is 0 Å². The van der Waals surface area contributed by atoms with E-state index in [1.54, 1.807) is 30.3 Å². The lowest BCUT2D eigenvalue weighted by Crippen LogP contribution is -2.33. The molecule has 1 amide bonds. The van der Waals surface area contributed by atoms with Gasteiger partial charge < -0.3 is 10.1 Å². The molecule has 0 spiro atoms. The van der Waals surface area contributed by atoms with Gasteiger partial charge in [0, 0.05) is 15.6 Å². The first kappa shape index (κ1) is 19.1. The fourth-order valence-electron chi connectivity index (χ4n) is 2.52. The van der Waals surface area contributed by atoms with Crippen LogP contribution in [-0.4, -0.2) is 30.3 Å². The predicted molar refractivity (Wildman–Crippen MR) is 105 cm³/mol. The smallest absolute Gasteiger partial charge is 0.326 e. The average Bonchev–Trinajstić information content (AvgIpc) is 3.03. The van der Waals surface area contributed by atoms with Crippen LogP contribution >= 0.6 is 22.9 Å². The normalized spacial score (nSPS) is 11.8. The lowest BCUT2D eigenvalue weighted by molar-refractivity contribution is -0.145. The fraction of sp³-hybridized carbons (Fsp3) is 0.150. The number of ketones is 1. The van der Waals surface area contributed by atoms with Crippen molar-refractivity contribution in [3.63, 3.8) is 0 Å². The Bertz CT molecular complexity index is 1000. The number of thiophene rings is 1. The Balaban J connectivity index is 1.57. The van der Waals surface area contributed by atoms with Gasteiger partial charge in [-0.1, -0.05) is 60.1 Å². The number of carbonyl (C=O) groups excluding carboxylic acids is 3. The van der Waals surface area contributed by atoms with Crippen molar-refractivity contribution in [2.24, 2.45) is 0 Å². The highest BCUT2D eigenvalue weighted by Crippen LogP contribution is 2.34. The van der Waals surface area contributed by atoms with Crippen molar-refractivity contribution in [1.29, 1.82) is 0 Å². The molecular weight excluding hydrogens is 386 g/mol. The van der Waals surface area contributed by atoms with E-state index in [4.69, 9.17) is 16.3 Å². The minimum atomic E-state index is -0.940. The van der Waals surface area contributed by atoms with E-state index in [0.717, 1.165) is 10.1 Å². The largest absolute Gasteiger partial charge is 0.453 e. The quantitative estimate of drug-likeness (QED) is 0.498. The number of carbonyl (C=O) groups is 3. The van der Waals surface area contributed by atoms with E-state index in [0.29, 0.717) is 15.5 Å². The number of hydrogen-bond donors (Lipinski definition) is 1. The first-order chi connectivity index (χ1) is 13.0. The van der Waals surface area contributed by atoms with Gasteiger partial charge in [0.2, 0.25) is 5.78 Å². The van der Waals surface area contributed by atoms with E-state index >= 15 is 0 Å². The topological polar surface area (TPSA) is 72.5 Å². The molecule has 5 nitrogen and oxygen atoms in total. The molecule has 0 saturated heterocycles. The molecule has 3 aromatic rings. The molecule has 2 aromatic carbocycles. The highest BCUT2D eigenvalue weighted by molar-refractivity contribution is 7.21. The molecule has 0 aliphatic heterocycles. The SMILES string of the molecule is CC(OC(=O)CNC(=O)c1sc2ccccc2c1Cl)C(=O)c1ccccc1. The van der Waals surface area contributed by atoms with Crippen molar-refractivity contribution < 1.29 is 19.1 Å². The van der Waals surface area contributed by atoms with Gasteiger partial charge in [0.15, 0.2) is 6.10 Å². The summed E-state index contributed by atoms with van der Waals surface area (Å²) < 4.78 is 6.00. The Hall–Kier alpha value is -2.70. The molecule has 0 aliphatic rings. The van der Waals surface area contributed by atoms with Gasteiger partial charge in [-0.05, 0) is 13.0 Å². The fourth-order valence-corrected chi connectivity index (χ4v) is 3.96. The van der Waals surface area contributed by atoms with Gasteiger partial charge in [0.05, 0.1) is 5.02 Å². The minimum Gasteiger partial charge on any atom is -0.453 e. The average molecular weight is 402 g/mol. The molecule has 1 atom stereocenters. The number of benzene rings is 2. The van der Waals surface area contributed by atoms with Crippen LogP contribution < -0.4 is 5.32 Å². The van der Waals surface area contributed by atoms with Crippen LogP contribution in [0.15, 0.2) is 54.6 Å². The van der Waals surface area contributed by atoms with Crippen LogP contribution in [0.3, 0.4) is 0 Å². The van der Waals surface area contributed by atoms with Gasteiger partial charge in [0.25, 0.3) is 5.91 Å². The Labute approximate surface area is 164 Å². The monoisotopic (exact) mass is 401 g/mol. The maximum absolute atomic E-state index is 12.3. The van der Waals surface area contributed by atoms with Gasteiger partial charge in [-0.15, -0.1) is 11.3 Å². The number of halogens is 1. The molecular formula is C20H16ClNO4S. The van der Waals surface area contributed by atoms with Crippen LogP contribution in [0.5, 0.6) is 0 Å². The number of nitrogens with one attached hydrogen (secondary N) is 1. The molecule has 0 fully saturated rings. The number of fused-ring (bicyclic) bond motifs is 1. The number of rotatable bonds is 6. The number of hydrogen-bond acceptors (Lipinski definition) is 5. The molecule has 138 valence electrons. The van der Waals surface area contributed by atoms with Crippen molar-refractivity contribution >= 4 is 50.7 Å². The van der Waals surface area contributed by atoms with E-state index in [2.05, 4.69) is 5.32 Å². The predicted octanol–water partition coefficient (Wildman–Crippen LogP) is 4.10. The van der Waals surface area contributed by atoms with Crippen molar-refractivity contribution in [3.05, 3.63) is 70.1 Å². The zero-order valence-electron chi connectivity index (χ0n) is 14.4. The van der Waals surface area contributed by atoms with Crippen LogP contribution in [0, 0.1) is 0 Å². The minimum absolute atomic E-state index is 0.303. The molecule has 0 aliphatic carbocycles. The number of amides is 1. The van der Waals surface area contributed by atoms with Gasteiger partial charge in [-0.25, -0.2) is 0 Å². The molecule has 1 unspecified atom stereocenters. The third-order valence-electron chi connectivity index (χ3n) is 3.87. The molecule has 0 bridgehead atoms. The van der Waals surface area contributed by atoms with Crippen LogP contribution in [0.2, 0.25) is 5.02 Å². The van der Waals surface area contributed by atoms with E-state index in [1.807, 2.05) is 24.3 Å². The first-order valence-corrected chi connectivity index (χ1v) is 9.41. The summed E-state index contributed by atoms with van der Waals surface area (Å²) in [7, 11) is 0. The lowest BCUT2D eigenvalue weighted by atomic mass is 10.1. The number of esters is 1. The first-order valence-electron chi connectivity index (χ1n) is 8.21. The maximum atomic E-state index is 12.3. The van der Waals surface area contributed by atoms with E-state index in [9.17, 15) is 14.4 Å². The van der Waals surface area contributed by atoms with Gasteiger partial charge >= 0.3 is 5.97 Å². The van der Waals surface area contributed by atoms with Crippen molar-refractivity contribution in [3.8, 4) is 0 Å². The standard InChI is InChI=1S/C20H16ClNO4S/c1-12(18(24)13-7-3-2-4-8-13)26-16(23)11-22-20(25)19-17(21)14-9-5-6-10-15(14)27-19/h2-10,12H,11H2,1H3,(H,22,25). The second kappa shape index (κ2) is 8.33. The summed E-state index contributed by atoms with van der Waals surface area (Å²) in [5.41, 5.74) is 0.457. The Morgan fingerprint density at radius 2 is 1.74 bits per heavy atom. The summed E-state index contributed by atoms with van der Waals surface area (Å²) in [4.78, 5) is 36.8. The molecule has 7 heteroatoms. The highest BCUT2D eigenvalue weighted by atomic mass is 35.5. The Morgan fingerprint density at radius 1 is 1.07 bits per heavy atom. The van der Waals surface area contributed by atoms with Crippen LogP contribution in [0.25, 0.3) is 10.1 Å². The zero-order chi connectivity index (χ0) is 19.4. The summed E-state index contributed by atoms with van der Waals surface area (Å²) in [6.07, 6.45) is -0.940. The van der Waals surface area contributed by atoms with Crippen molar-refractivity contribution in [2.45, 2.75) is 13.0 Å². The summed E-state index contributed by atoms with van der Waals surface area (Å²) in [5.74, 6) is -1.46. The van der Waals surface area contributed by atoms with E-state index in [1.165, 1.54) is 18.3 Å². The molecule has 1 N–H and O–H groups in total. The van der Waals surface area contributed by atoms with Crippen LogP contribution in [0.1, 0.15) is 27.0 Å².